The van der Waals surface area contributed by atoms with Crippen LogP contribution in [0.4, 0.5) is 5.69 Å². The summed E-state index contributed by atoms with van der Waals surface area (Å²) in [5, 5.41) is 10.9. The van der Waals surface area contributed by atoms with Crippen molar-refractivity contribution in [2.75, 3.05) is 11.1 Å². The highest BCUT2D eigenvalue weighted by molar-refractivity contribution is 7.91. The Hall–Kier alpha value is -2.19. The van der Waals surface area contributed by atoms with Crippen LogP contribution in [0.25, 0.3) is 11.5 Å². The predicted octanol–water partition coefficient (Wildman–Crippen LogP) is 3.20. The zero-order valence-corrected chi connectivity index (χ0v) is 14.0. The summed E-state index contributed by atoms with van der Waals surface area (Å²) in [6, 6.07) is 8.62. The van der Waals surface area contributed by atoms with Crippen LogP contribution in [0, 0.1) is 0 Å². The lowest BCUT2D eigenvalue weighted by molar-refractivity contribution is 0.423. The van der Waals surface area contributed by atoms with Crippen molar-refractivity contribution in [1.29, 1.82) is 0 Å². The number of rotatable bonds is 6. The second-order valence-corrected chi connectivity index (χ2v) is 7.87. The van der Waals surface area contributed by atoms with E-state index in [1.807, 2.05) is 16.8 Å². The molecule has 0 aliphatic carbocycles. The van der Waals surface area contributed by atoms with Crippen LogP contribution < -0.4 is 5.32 Å². The summed E-state index contributed by atoms with van der Waals surface area (Å²) in [7, 11) is -3.22. The van der Waals surface area contributed by atoms with E-state index in [9.17, 15) is 8.42 Å². The third-order valence-electron chi connectivity index (χ3n) is 3.26. The molecule has 3 aromatic rings. The molecule has 0 saturated heterocycles. The van der Waals surface area contributed by atoms with E-state index in [1.54, 1.807) is 42.5 Å². The van der Waals surface area contributed by atoms with E-state index in [-0.39, 0.29) is 5.75 Å². The summed E-state index contributed by atoms with van der Waals surface area (Å²) in [6.07, 6.45) is 0. The molecule has 1 aromatic carbocycles. The summed E-state index contributed by atoms with van der Waals surface area (Å²) < 4.78 is 29.0. The predicted molar refractivity (Wildman–Crippen MR) is 89.1 cm³/mol. The quantitative estimate of drug-likeness (QED) is 0.735. The van der Waals surface area contributed by atoms with Gasteiger partial charge in [-0.1, -0.05) is 18.1 Å². The maximum Gasteiger partial charge on any atom is 0.258 e. The van der Waals surface area contributed by atoms with E-state index in [0.717, 1.165) is 5.56 Å². The number of hydrogen-bond donors (Lipinski definition) is 1. The topological polar surface area (TPSA) is 85.1 Å². The van der Waals surface area contributed by atoms with E-state index in [0.29, 0.717) is 28.8 Å². The minimum atomic E-state index is -3.22. The highest BCUT2D eigenvalue weighted by Gasteiger charge is 2.12. The van der Waals surface area contributed by atoms with Crippen molar-refractivity contribution in [3.63, 3.8) is 0 Å². The Kier molecular flexibility index (Phi) is 4.44. The standard InChI is InChI=1S/C15H15N3O3S2/c1-2-23(19,20)13-5-3-4-12(8-13)16-9-14-17-15(21-18-14)11-6-7-22-10-11/h3-8,10,16H,2,9H2,1H3. The van der Waals surface area contributed by atoms with Gasteiger partial charge in [0.05, 0.1) is 22.8 Å². The van der Waals surface area contributed by atoms with Crippen molar-refractivity contribution in [3.8, 4) is 11.5 Å². The maximum absolute atomic E-state index is 11.9. The van der Waals surface area contributed by atoms with E-state index in [4.69, 9.17) is 4.52 Å². The Labute approximate surface area is 138 Å². The van der Waals surface area contributed by atoms with Crippen LogP contribution in [0.15, 0.2) is 50.5 Å². The van der Waals surface area contributed by atoms with Gasteiger partial charge in [0.15, 0.2) is 15.7 Å². The van der Waals surface area contributed by atoms with Gasteiger partial charge in [-0.25, -0.2) is 8.42 Å². The van der Waals surface area contributed by atoms with Crippen LogP contribution in [-0.4, -0.2) is 24.3 Å². The van der Waals surface area contributed by atoms with E-state index in [2.05, 4.69) is 15.5 Å². The number of nitrogens with zero attached hydrogens (tertiary/aromatic N) is 2. The molecule has 0 fully saturated rings. The largest absolute Gasteiger partial charge is 0.378 e. The van der Waals surface area contributed by atoms with Crippen LogP contribution >= 0.6 is 11.3 Å². The van der Waals surface area contributed by atoms with Gasteiger partial charge in [0.1, 0.15) is 0 Å². The van der Waals surface area contributed by atoms with Gasteiger partial charge in [0.25, 0.3) is 5.89 Å². The van der Waals surface area contributed by atoms with Crippen molar-refractivity contribution < 1.29 is 12.9 Å². The van der Waals surface area contributed by atoms with Crippen molar-refractivity contribution in [3.05, 3.63) is 46.9 Å². The first-order chi connectivity index (χ1) is 11.1. The summed E-state index contributed by atoms with van der Waals surface area (Å²) in [5.41, 5.74) is 1.59. The Morgan fingerprint density at radius 1 is 1.30 bits per heavy atom. The first-order valence-corrected chi connectivity index (χ1v) is 9.60. The molecule has 0 aliphatic heterocycles. The molecule has 8 heteroatoms. The van der Waals surface area contributed by atoms with Crippen LogP contribution in [0.3, 0.4) is 0 Å². The smallest absolute Gasteiger partial charge is 0.258 e. The van der Waals surface area contributed by atoms with Crippen molar-refractivity contribution in [1.82, 2.24) is 10.1 Å². The summed E-state index contributed by atoms with van der Waals surface area (Å²) in [6.45, 7) is 1.98. The zero-order chi connectivity index (χ0) is 16.3. The molecule has 0 bridgehead atoms. The molecule has 3 rings (SSSR count). The zero-order valence-electron chi connectivity index (χ0n) is 12.4. The van der Waals surface area contributed by atoms with E-state index in [1.165, 1.54) is 0 Å². The highest BCUT2D eigenvalue weighted by atomic mass is 32.2. The van der Waals surface area contributed by atoms with Crippen LogP contribution in [0.5, 0.6) is 0 Å². The van der Waals surface area contributed by atoms with Gasteiger partial charge in [0.2, 0.25) is 0 Å². The SMILES string of the molecule is CCS(=O)(=O)c1cccc(NCc2noc(-c3ccsc3)n2)c1. The maximum atomic E-state index is 11.9. The number of nitrogens with one attached hydrogen (secondary N) is 1. The minimum Gasteiger partial charge on any atom is -0.378 e. The molecule has 0 atom stereocenters. The van der Waals surface area contributed by atoms with E-state index < -0.39 is 9.84 Å². The second-order valence-electron chi connectivity index (χ2n) is 4.81. The molecule has 6 nitrogen and oxygen atoms in total. The average Bonchev–Trinajstić information content (AvgIpc) is 3.24. The summed E-state index contributed by atoms with van der Waals surface area (Å²) >= 11 is 1.56. The third kappa shape index (κ3) is 3.59. The molecule has 23 heavy (non-hydrogen) atoms. The van der Waals surface area contributed by atoms with Crippen molar-refractivity contribution in [2.24, 2.45) is 0 Å². The fourth-order valence-electron chi connectivity index (χ4n) is 1.98. The third-order valence-corrected chi connectivity index (χ3v) is 5.68. The number of hydrogen-bond acceptors (Lipinski definition) is 7. The molecular formula is C15H15N3O3S2. The van der Waals surface area contributed by atoms with Crippen LogP contribution in [0.1, 0.15) is 12.7 Å². The first-order valence-electron chi connectivity index (χ1n) is 7.00. The number of aromatic nitrogens is 2. The van der Waals surface area contributed by atoms with Crippen molar-refractivity contribution in [2.45, 2.75) is 18.4 Å². The molecule has 2 heterocycles. The van der Waals surface area contributed by atoms with E-state index >= 15 is 0 Å². The monoisotopic (exact) mass is 349 g/mol. The van der Waals surface area contributed by atoms with Crippen LogP contribution in [0.2, 0.25) is 0 Å². The molecule has 0 saturated carbocycles. The fraction of sp³-hybridized carbons (Fsp3) is 0.200. The highest BCUT2D eigenvalue weighted by Crippen LogP contribution is 2.21. The van der Waals surface area contributed by atoms with Gasteiger partial charge in [0, 0.05) is 11.1 Å². The van der Waals surface area contributed by atoms with Gasteiger partial charge in [-0.3, -0.25) is 0 Å². The Morgan fingerprint density at radius 3 is 2.91 bits per heavy atom. The molecule has 0 unspecified atom stereocenters. The summed E-state index contributed by atoms with van der Waals surface area (Å²) in [4.78, 5) is 4.61. The first kappa shape index (κ1) is 15.7. The van der Waals surface area contributed by atoms with Gasteiger partial charge in [-0.05, 0) is 29.6 Å². The fourth-order valence-corrected chi connectivity index (χ4v) is 3.53. The molecule has 1 N–H and O–H groups in total. The normalized spacial score (nSPS) is 11.5. The van der Waals surface area contributed by atoms with Gasteiger partial charge in [-0.2, -0.15) is 16.3 Å². The summed E-state index contributed by atoms with van der Waals surface area (Å²) in [5.74, 6) is 1.06. The van der Waals surface area contributed by atoms with Gasteiger partial charge in [-0.15, -0.1) is 0 Å². The molecule has 120 valence electrons. The number of thiophene rings is 1. The lowest BCUT2D eigenvalue weighted by atomic mass is 10.3. The number of anilines is 1. The van der Waals surface area contributed by atoms with Gasteiger partial charge >= 0.3 is 0 Å². The van der Waals surface area contributed by atoms with Crippen molar-refractivity contribution >= 4 is 26.9 Å². The average molecular weight is 349 g/mol. The number of sulfone groups is 1. The molecule has 0 spiro atoms. The Balaban J connectivity index is 1.71. The van der Waals surface area contributed by atoms with Gasteiger partial charge < -0.3 is 9.84 Å². The number of benzene rings is 1. The lowest BCUT2D eigenvalue weighted by Gasteiger charge is -2.06. The molecule has 2 aromatic heterocycles. The second kappa shape index (κ2) is 6.51. The Bertz CT molecular complexity index is 886. The van der Waals surface area contributed by atoms with Crippen LogP contribution in [-0.2, 0) is 16.4 Å². The Morgan fingerprint density at radius 2 is 2.17 bits per heavy atom. The minimum absolute atomic E-state index is 0.0747. The molecule has 0 radical (unpaired) electrons. The molecule has 0 amide bonds. The molecule has 0 aliphatic rings. The lowest BCUT2D eigenvalue weighted by Crippen LogP contribution is -2.05. The molecular weight excluding hydrogens is 334 g/mol.